The summed E-state index contributed by atoms with van der Waals surface area (Å²) >= 11 is 0. The second kappa shape index (κ2) is 7.60. The lowest BCUT2D eigenvalue weighted by molar-refractivity contribution is 0.0525. The molecule has 0 amide bonds. The smallest absolute Gasteiger partial charge is 0.131 e. The van der Waals surface area contributed by atoms with Gasteiger partial charge in [0, 0.05) is 32.4 Å². The van der Waals surface area contributed by atoms with Crippen molar-refractivity contribution in [1.82, 2.24) is 10.3 Å². The van der Waals surface area contributed by atoms with Crippen LogP contribution in [0.2, 0.25) is 0 Å². The molecule has 1 saturated heterocycles. The topological polar surface area (TPSA) is 37.4 Å². The third kappa shape index (κ3) is 3.93. The molecular weight excluding hydrogens is 250 g/mol. The van der Waals surface area contributed by atoms with E-state index < -0.39 is 0 Å². The van der Waals surface area contributed by atoms with Crippen LogP contribution < -0.4 is 10.2 Å². The molecule has 0 radical (unpaired) electrons. The van der Waals surface area contributed by atoms with Crippen molar-refractivity contribution in [3.63, 3.8) is 0 Å². The van der Waals surface area contributed by atoms with Crippen LogP contribution in [0.25, 0.3) is 0 Å². The Hall–Kier alpha value is -1.13. The average Bonchev–Trinajstić information content (AvgIpc) is 2.46. The molecule has 112 valence electrons. The van der Waals surface area contributed by atoms with E-state index in [-0.39, 0.29) is 0 Å². The van der Waals surface area contributed by atoms with E-state index in [1.165, 1.54) is 24.0 Å². The molecule has 0 bridgehead atoms. The Bertz CT molecular complexity index is 420. The van der Waals surface area contributed by atoms with Gasteiger partial charge in [0.1, 0.15) is 5.82 Å². The molecule has 0 spiro atoms. The van der Waals surface area contributed by atoms with Gasteiger partial charge in [-0.3, -0.25) is 0 Å². The van der Waals surface area contributed by atoms with Gasteiger partial charge in [0.25, 0.3) is 0 Å². The zero-order valence-corrected chi connectivity index (χ0v) is 13.0. The largest absolute Gasteiger partial charge is 0.377 e. The molecule has 1 aliphatic heterocycles. The molecule has 1 N–H and O–H groups in total. The Morgan fingerprint density at radius 1 is 1.45 bits per heavy atom. The minimum absolute atomic E-state index is 0.358. The molecule has 0 aromatic carbocycles. The maximum atomic E-state index is 5.77. The van der Waals surface area contributed by atoms with Crippen LogP contribution in [0, 0.1) is 6.92 Å². The quantitative estimate of drug-likeness (QED) is 0.867. The van der Waals surface area contributed by atoms with Crippen molar-refractivity contribution in [2.24, 2.45) is 0 Å². The summed E-state index contributed by atoms with van der Waals surface area (Å²) in [6, 6.07) is 2.25. The van der Waals surface area contributed by atoms with E-state index in [4.69, 9.17) is 4.74 Å². The summed E-state index contributed by atoms with van der Waals surface area (Å²) in [6.45, 7) is 11.1. The summed E-state index contributed by atoms with van der Waals surface area (Å²) in [4.78, 5) is 7.05. The Balaban J connectivity index is 2.04. The maximum absolute atomic E-state index is 5.77. The van der Waals surface area contributed by atoms with Crippen molar-refractivity contribution in [3.05, 3.63) is 23.4 Å². The summed E-state index contributed by atoms with van der Waals surface area (Å²) in [5.41, 5.74) is 2.52. The van der Waals surface area contributed by atoms with E-state index in [0.717, 1.165) is 38.6 Å². The lowest BCUT2D eigenvalue weighted by Crippen LogP contribution is -2.40. The fraction of sp³-hybridized carbons (Fsp3) is 0.688. The SMILES string of the molecule is CCNCc1cnc(N2CCCC(OCC)C2)c(C)c1. The fourth-order valence-corrected chi connectivity index (χ4v) is 2.83. The number of ether oxygens (including phenoxy) is 1. The average molecular weight is 277 g/mol. The van der Waals surface area contributed by atoms with Crippen molar-refractivity contribution in [3.8, 4) is 0 Å². The predicted molar refractivity (Wildman–Crippen MR) is 83.2 cm³/mol. The molecule has 0 saturated carbocycles. The molecule has 2 heterocycles. The van der Waals surface area contributed by atoms with Gasteiger partial charge in [0.05, 0.1) is 6.10 Å². The number of aryl methyl sites for hydroxylation is 1. The van der Waals surface area contributed by atoms with Crippen LogP contribution in [0.5, 0.6) is 0 Å². The van der Waals surface area contributed by atoms with Gasteiger partial charge in [-0.1, -0.05) is 6.92 Å². The van der Waals surface area contributed by atoms with Gasteiger partial charge in [-0.05, 0) is 50.4 Å². The molecule has 4 nitrogen and oxygen atoms in total. The van der Waals surface area contributed by atoms with Crippen LogP contribution in [0.4, 0.5) is 5.82 Å². The summed E-state index contributed by atoms with van der Waals surface area (Å²) in [5.74, 6) is 1.12. The molecule has 1 atom stereocenters. The molecule has 0 aliphatic carbocycles. The highest BCUT2D eigenvalue weighted by Crippen LogP contribution is 2.23. The van der Waals surface area contributed by atoms with Crippen molar-refractivity contribution >= 4 is 5.82 Å². The second-order valence-electron chi connectivity index (χ2n) is 5.43. The van der Waals surface area contributed by atoms with Crippen LogP contribution in [0.15, 0.2) is 12.3 Å². The highest BCUT2D eigenvalue weighted by atomic mass is 16.5. The molecule has 4 heteroatoms. The molecule has 1 fully saturated rings. The fourth-order valence-electron chi connectivity index (χ4n) is 2.83. The van der Waals surface area contributed by atoms with Gasteiger partial charge < -0.3 is 15.0 Å². The molecule has 1 unspecified atom stereocenters. The summed E-state index contributed by atoms with van der Waals surface area (Å²) in [5, 5.41) is 3.34. The summed E-state index contributed by atoms with van der Waals surface area (Å²) in [6.07, 6.45) is 4.71. The predicted octanol–water partition coefficient (Wildman–Crippen LogP) is 2.50. The number of nitrogens with one attached hydrogen (secondary N) is 1. The first-order chi connectivity index (χ1) is 9.74. The molecule has 2 rings (SSSR count). The monoisotopic (exact) mass is 277 g/mol. The lowest BCUT2D eigenvalue weighted by atomic mass is 10.1. The first-order valence-corrected chi connectivity index (χ1v) is 7.77. The van der Waals surface area contributed by atoms with Gasteiger partial charge in [0.2, 0.25) is 0 Å². The van der Waals surface area contributed by atoms with Crippen LogP contribution in [-0.2, 0) is 11.3 Å². The second-order valence-corrected chi connectivity index (χ2v) is 5.43. The minimum atomic E-state index is 0.358. The number of rotatable bonds is 6. The molecule has 1 aromatic heterocycles. The van der Waals surface area contributed by atoms with Gasteiger partial charge in [-0.2, -0.15) is 0 Å². The Kier molecular flexibility index (Phi) is 5.80. The number of hydrogen-bond donors (Lipinski definition) is 1. The Morgan fingerprint density at radius 3 is 3.00 bits per heavy atom. The third-order valence-corrected chi connectivity index (χ3v) is 3.77. The van der Waals surface area contributed by atoms with Crippen molar-refractivity contribution < 1.29 is 4.74 Å². The highest BCUT2D eigenvalue weighted by Gasteiger charge is 2.22. The molecule has 1 aliphatic rings. The molecular formula is C16H27N3O. The van der Waals surface area contributed by atoms with Crippen molar-refractivity contribution in [1.29, 1.82) is 0 Å². The van der Waals surface area contributed by atoms with E-state index in [1.54, 1.807) is 0 Å². The number of piperidine rings is 1. The number of aromatic nitrogens is 1. The zero-order chi connectivity index (χ0) is 14.4. The summed E-state index contributed by atoms with van der Waals surface area (Å²) in [7, 11) is 0. The van der Waals surface area contributed by atoms with Gasteiger partial charge in [-0.15, -0.1) is 0 Å². The maximum Gasteiger partial charge on any atom is 0.131 e. The first-order valence-electron chi connectivity index (χ1n) is 7.77. The van der Waals surface area contributed by atoms with E-state index in [9.17, 15) is 0 Å². The van der Waals surface area contributed by atoms with Crippen molar-refractivity contribution in [2.45, 2.75) is 46.3 Å². The number of hydrogen-bond acceptors (Lipinski definition) is 4. The molecule has 1 aromatic rings. The van der Waals surface area contributed by atoms with Crippen LogP contribution >= 0.6 is 0 Å². The lowest BCUT2D eigenvalue weighted by Gasteiger charge is -2.34. The zero-order valence-electron chi connectivity index (χ0n) is 13.0. The number of pyridine rings is 1. The Labute approximate surface area is 122 Å². The normalized spacial score (nSPS) is 19.4. The van der Waals surface area contributed by atoms with Crippen LogP contribution in [-0.4, -0.2) is 37.3 Å². The molecule has 20 heavy (non-hydrogen) atoms. The highest BCUT2D eigenvalue weighted by molar-refractivity contribution is 5.47. The van der Waals surface area contributed by atoms with Crippen LogP contribution in [0.3, 0.4) is 0 Å². The Morgan fingerprint density at radius 2 is 2.30 bits per heavy atom. The van der Waals surface area contributed by atoms with E-state index in [0.29, 0.717) is 6.10 Å². The first kappa shape index (κ1) is 15.3. The van der Waals surface area contributed by atoms with Gasteiger partial charge in [0.15, 0.2) is 0 Å². The van der Waals surface area contributed by atoms with Crippen molar-refractivity contribution in [2.75, 3.05) is 31.1 Å². The van der Waals surface area contributed by atoms with E-state index in [2.05, 4.69) is 42.0 Å². The van der Waals surface area contributed by atoms with E-state index in [1.807, 2.05) is 6.20 Å². The summed E-state index contributed by atoms with van der Waals surface area (Å²) < 4.78 is 5.77. The number of nitrogens with zero attached hydrogens (tertiary/aromatic N) is 2. The van der Waals surface area contributed by atoms with Gasteiger partial charge >= 0.3 is 0 Å². The third-order valence-electron chi connectivity index (χ3n) is 3.77. The van der Waals surface area contributed by atoms with Gasteiger partial charge in [-0.25, -0.2) is 4.98 Å². The standard InChI is InChI=1S/C16H27N3O/c1-4-17-10-14-9-13(3)16(18-11-14)19-8-6-7-15(12-19)20-5-2/h9,11,15,17H,4-8,10,12H2,1-3H3. The minimum Gasteiger partial charge on any atom is -0.377 e. The van der Waals surface area contributed by atoms with Crippen LogP contribution in [0.1, 0.15) is 37.8 Å². The number of anilines is 1. The van der Waals surface area contributed by atoms with E-state index >= 15 is 0 Å².